The van der Waals surface area contributed by atoms with Crippen LogP contribution in [0.4, 0.5) is 5.00 Å². The van der Waals surface area contributed by atoms with Crippen LogP contribution in [0.5, 0.6) is 0 Å². The van der Waals surface area contributed by atoms with Crippen molar-refractivity contribution < 1.29 is 23.5 Å². The van der Waals surface area contributed by atoms with Gasteiger partial charge in [0.2, 0.25) is 0 Å². The molecule has 2 heterocycles. The summed E-state index contributed by atoms with van der Waals surface area (Å²) in [7, 11) is 0. The van der Waals surface area contributed by atoms with Crippen molar-refractivity contribution >= 4 is 45.9 Å². The highest BCUT2D eigenvalue weighted by Gasteiger charge is 2.24. The number of hydrogen-bond acceptors (Lipinski definition) is 8. The Kier molecular flexibility index (Phi) is 7.91. The first-order valence-electron chi connectivity index (χ1n) is 7.82. The number of thioether (sulfide) groups is 1. The molecule has 27 heavy (non-hydrogen) atoms. The number of amides is 2. The van der Waals surface area contributed by atoms with E-state index in [1.54, 1.807) is 17.5 Å². The van der Waals surface area contributed by atoms with E-state index in [0.717, 1.165) is 0 Å². The largest absolute Gasteiger partial charge is 0.459 e. The maximum absolute atomic E-state index is 12.3. The van der Waals surface area contributed by atoms with Crippen LogP contribution < -0.4 is 10.6 Å². The molecule has 0 spiro atoms. The van der Waals surface area contributed by atoms with Gasteiger partial charge >= 0.3 is 5.97 Å². The Morgan fingerprint density at radius 2 is 2.22 bits per heavy atom. The second-order valence-corrected chi connectivity index (χ2v) is 7.12. The number of rotatable bonds is 9. The van der Waals surface area contributed by atoms with Crippen LogP contribution in [0.15, 0.2) is 34.3 Å². The molecule has 2 aromatic rings. The summed E-state index contributed by atoms with van der Waals surface area (Å²) in [4.78, 5) is 36.3. The molecular formula is C17H17N3O5S2. The van der Waals surface area contributed by atoms with E-state index in [2.05, 4.69) is 10.6 Å². The molecular weight excluding hydrogens is 390 g/mol. The van der Waals surface area contributed by atoms with Crippen molar-refractivity contribution in [2.24, 2.45) is 0 Å². The molecule has 2 aromatic heterocycles. The summed E-state index contributed by atoms with van der Waals surface area (Å²) in [5.74, 6) is -1.12. The second-order valence-electron chi connectivity index (χ2n) is 5.22. The zero-order valence-corrected chi connectivity index (χ0v) is 16.0. The summed E-state index contributed by atoms with van der Waals surface area (Å²) in [6, 6.07) is 5.67. The number of nitriles is 1. The lowest BCUT2D eigenvalue weighted by Crippen LogP contribution is -2.43. The molecule has 10 heteroatoms. The Morgan fingerprint density at radius 3 is 2.89 bits per heavy atom. The third-order valence-electron chi connectivity index (χ3n) is 3.33. The smallest absolute Gasteiger partial charge is 0.329 e. The molecule has 2 rings (SSSR count). The highest BCUT2D eigenvalue weighted by Crippen LogP contribution is 2.21. The van der Waals surface area contributed by atoms with Crippen molar-refractivity contribution in [2.45, 2.75) is 12.5 Å². The van der Waals surface area contributed by atoms with Gasteiger partial charge in [0, 0.05) is 0 Å². The fraction of sp³-hybridized carbons (Fsp3) is 0.294. The highest BCUT2D eigenvalue weighted by molar-refractivity contribution is 7.98. The van der Waals surface area contributed by atoms with Crippen LogP contribution in [0.25, 0.3) is 0 Å². The van der Waals surface area contributed by atoms with Crippen molar-refractivity contribution in [1.82, 2.24) is 5.32 Å². The molecule has 0 aliphatic heterocycles. The molecule has 1 atom stereocenters. The van der Waals surface area contributed by atoms with Crippen LogP contribution in [0.2, 0.25) is 0 Å². The summed E-state index contributed by atoms with van der Waals surface area (Å²) >= 11 is 2.71. The number of hydrogen-bond donors (Lipinski definition) is 2. The third kappa shape index (κ3) is 6.16. The molecule has 2 N–H and O–H groups in total. The second kappa shape index (κ2) is 10.4. The molecule has 2 amide bonds. The first kappa shape index (κ1) is 20.5. The van der Waals surface area contributed by atoms with E-state index in [0.29, 0.717) is 22.7 Å². The summed E-state index contributed by atoms with van der Waals surface area (Å²) in [6.45, 7) is -0.520. The van der Waals surface area contributed by atoms with E-state index in [4.69, 9.17) is 14.4 Å². The fourth-order valence-electron chi connectivity index (χ4n) is 2.02. The molecule has 0 unspecified atom stereocenters. The van der Waals surface area contributed by atoms with E-state index < -0.39 is 30.4 Å². The Hall–Kier alpha value is -2.77. The molecule has 0 aromatic carbocycles. The highest BCUT2D eigenvalue weighted by atomic mass is 32.2. The summed E-state index contributed by atoms with van der Waals surface area (Å²) in [6.07, 6.45) is 3.57. The summed E-state index contributed by atoms with van der Waals surface area (Å²) in [5, 5.41) is 16.1. The van der Waals surface area contributed by atoms with Crippen LogP contribution in [0.1, 0.15) is 22.5 Å². The van der Waals surface area contributed by atoms with Gasteiger partial charge in [-0.15, -0.1) is 11.3 Å². The van der Waals surface area contributed by atoms with Gasteiger partial charge in [-0.1, -0.05) is 0 Å². The fourth-order valence-corrected chi connectivity index (χ4v) is 3.24. The standard InChI is InChI=1S/C17H17N3O5S2/c1-26-7-5-12(19-15(22)13-3-2-6-24-13)17(23)25-10-14(21)20-16-11(9-18)4-8-27-16/h2-4,6,8,12H,5,7,10H2,1H3,(H,19,22)(H,20,21)/t12-/m0/s1. The van der Waals surface area contributed by atoms with Crippen molar-refractivity contribution in [2.75, 3.05) is 23.9 Å². The molecule has 0 bridgehead atoms. The predicted octanol–water partition coefficient (Wildman–Crippen LogP) is 2.25. The van der Waals surface area contributed by atoms with E-state index in [-0.39, 0.29) is 5.76 Å². The lowest BCUT2D eigenvalue weighted by atomic mass is 10.2. The molecule has 0 fully saturated rings. The van der Waals surface area contributed by atoms with Gasteiger partial charge in [0.1, 0.15) is 17.1 Å². The maximum Gasteiger partial charge on any atom is 0.329 e. The molecule has 8 nitrogen and oxygen atoms in total. The topological polar surface area (TPSA) is 121 Å². The molecule has 142 valence electrons. The maximum atomic E-state index is 12.3. The van der Waals surface area contributed by atoms with E-state index in [1.807, 2.05) is 12.3 Å². The number of nitrogens with zero attached hydrogens (tertiary/aromatic N) is 1. The summed E-state index contributed by atoms with van der Waals surface area (Å²) < 4.78 is 10.0. The van der Waals surface area contributed by atoms with Crippen molar-refractivity contribution in [3.8, 4) is 6.07 Å². The SMILES string of the molecule is CSCC[C@H](NC(=O)c1ccco1)C(=O)OCC(=O)Nc1sccc1C#N. The Bertz CT molecular complexity index is 826. The Balaban J connectivity index is 1.89. The number of furan rings is 1. The van der Waals surface area contributed by atoms with Gasteiger partial charge in [-0.25, -0.2) is 4.79 Å². The molecule has 0 saturated carbocycles. The number of thiophene rings is 1. The van der Waals surface area contributed by atoms with Gasteiger partial charge in [0.15, 0.2) is 12.4 Å². The van der Waals surface area contributed by atoms with Gasteiger partial charge in [0.25, 0.3) is 11.8 Å². The Labute approximate surface area is 163 Å². The minimum Gasteiger partial charge on any atom is -0.459 e. The number of carbonyl (C=O) groups is 3. The normalized spacial score (nSPS) is 11.3. The zero-order chi connectivity index (χ0) is 19.6. The van der Waals surface area contributed by atoms with Crippen molar-refractivity contribution in [1.29, 1.82) is 5.26 Å². The first-order chi connectivity index (χ1) is 13.0. The number of anilines is 1. The minimum absolute atomic E-state index is 0.0800. The number of esters is 1. The molecule has 0 saturated heterocycles. The first-order valence-corrected chi connectivity index (χ1v) is 10.1. The van der Waals surface area contributed by atoms with Crippen LogP contribution >= 0.6 is 23.1 Å². The monoisotopic (exact) mass is 407 g/mol. The minimum atomic E-state index is -0.903. The van der Waals surface area contributed by atoms with Crippen LogP contribution in [0, 0.1) is 11.3 Å². The van der Waals surface area contributed by atoms with Crippen LogP contribution in [0.3, 0.4) is 0 Å². The lowest BCUT2D eigenvalue weighted by molar-refractivity contribution is -0.149. The quantitative estimate of drug-likeness (QED) is 0.611. The third-order valence-corrected chi connectivity index (χ3v) is 4.80. The van der Waals surface area contributed by atoms with Gasteiger partial charge in [-0.3, -0.25) is 9.59 Å². The van der Waals surface area contributed by atoms with Gasteiger partial charge in [-0.2, -0.15) is 17.0 Å². The molecule has 0 aliphatic carbocycles. The lowest BCUT2D eigenvalue weighted by Gasteiger charge is -2.16. The van der Waals surface area contributed by atoms with Gasteiger partial charge in [-0.05, 0) is 42.0 Å². The van der Waals surface area contributed by atoms with Crippen molar-refractivity contribution in [3.05, 3.63) is 41.2 Å². The predicted molar refractivity (Wildman–Crippen MR) is 102 cm³/mol. The van der Waals surface area contributed by atoms with E-state index in [9.17, 15) is 14.4 Å². The molecule has 0 radical (unpaired) electrons. The van der Waals surface area contributed by atoms with Crippen LogP contribution in [-0.2, 0) is 14.3 Å². The average Bonchev–Trinajstić information content (AvgIpc) is 3.34. The Morgan fingerprint density at radius 1 is 1.41 bits per heavy atom. The number of ether oxygens (including phenoxy) is 1. The van der Waals surface area contributed by atoms with Gasteiger partial charge < -0.3 is 19.8 Å². The zero-order valence-electron chi connectivity index (χ0n) is 14.4. The molecule has 0 aliphatic rings. The van der Waals surface area contributed by atoms with E-state index in [1.165, 1.54) is 35.4 Å². The summed E-state index contributed by atoms with van der Waals surface area (Å²) in [5.41, 5.74) is 0.336. The van der Waals surface area contributed by atoms with Crippen molar-refractivity contribution in [3.63, 3.8) is 0 Å². The van der Waals surface area contributed by atoms with E-state index >= 15 is 0 Å². The number of nitrogens with one attached hydrogen (secondary N) is 2. The van der Waals surface area contributed by atoms with Crippen LogP contribution in [-0.4, -0.2) is 42.4 Å². The average molecular weight is 407 g/mol. The number of carbonyl (C=O) groups excluding carboxylic acids is 3. The van der Waals surface area contributed by atoms with Gasteiger partial charge in [0.05, 0.1) is 11.8 Å².